The third-order valence-corrected chi connectivity index (χ3v) is 3.88. The second-order valence-electron chi connectivity index (χ2n) is 5.54. The molecule has 3 unspecified atom stereocenters. The summed E-state index contributed by atoms with van der Waals surface area (Å²) >= 11 is 0. The Morgan fingerprint density at radius 3 is 2.83 bits per heavy atom. The summed E-state index contributed by atoms with van der Waals surface area (Å²) in [5.74, 6) is 1.71. The first-order chi connectivity index (χ1) is 8.47. The zero-order valence-corrected chi connectivity index (χ0v) is 11.3. The molecular weight excluding hydrogens is 228 g/mol. The Balaban J connectivity index is 2.03. The molecule has 0 radical (unpaired) electrons. The molecule has 0 spiro atoms. The molecule has 1 aromatic rings. The summed E-state index contributed by atoms with van der Waals surface area (Å²) in [5.41, 5.74) is 5.55. The van der Waals surface area contributed by atoms with Gasteiger partial charge < -0.3 is 10.6 Å². The molecule has 1 amide bonds. The van der Waals surface area contributed by atoms with Crippen molar-refractivity contribution in [2.75, 3.05) is 12.3 Å². The third kappa shape index (κ3) is 2.66. The highest BCUT2D eigenvalue weighted by molar-refractivity contribution is 5.76. The van der Waals surface area contributed by atoms with Gasteiger partial charge >= 0.3 is 0 Å². The van der Waals surface area contributed by atoms with Gasteiger partial charge in [-0.2, -0.15) is 5.10 Å². The van der Waals surface area contributed by atoms with Crippen molar-refractivity contribution in [2.24, 2.45) is 11.8 Å². The maximum atomic E-state index is 12.3. The second-order valence-corrected chi connectivity index (χ2v) is 5.54. The minimum atomic E-state index is 0.129. The van der Waals surface area contributed by atoms with Crippen LogP contribution in [0.15, 0.2) is 12.3 Å². The van der Waals surface area contributed by atoms with Crippen molar-refractivity contribution in [3.63, 3.8) is 0 Å². The number of likely N-dealkylation sites (tertiary alicyclic amines) is 1. The van der Waals surface area contributed by atoms with Crippen molar-refractivity contribution in [1.82, 2.24) is 14.7 Å². The average molecular weight is 250 g/mol. The van der Waals surface area contributed by atoms with Gasteiger partial charge in [-0.25, -0.2) is 0 Å². The van der Waals surface area contributed by atoms with Crippen LogP contribution in [0.1, 0.15) is 27.2 Å². The van der Waals surface area contributed by atoms with E-state index in [0.717, 1.165) is 6.54 Å². The smallest absolute Gasteiger partial charge is 0.244 e. The molecule has 2 rings (SSSR count). The normalized spacial score (nSPS) is 28.4. The third-order valence-electron chi connectivity index (χ3n) is 3.88. The van der Waals surface area contributed by atoms with Gasteiger partial charge in [-0.3, -0.25) is 9.48 Å². The molecule has 1 saturated heterocycles. The van der Waals surface area contributed by atoms with E-state index in [9.17, 15) is 4.79 Å². The predicted octanol–water partition coefficient (Wildman–Crippen LogP) is 1.36. The van der Waals surface area contributed by atoms with Crippen LogP contribution in [0.25, 0.3) is 0 Å². The Hall–Kier alpha value is -1.52. The van der Waals surface area contributed by atoms with E-state index in [0.29, 0.717) is 23.7 Å². The number of rotatable bonds is 2. The zero-order chi connectivity index (χ0) is 13.3. The molecule has 2 heterocycles. The minimum absolute atomic E-state index is 0.129. The van der Waals surface area contributed by atoms with Gasteiger partial charge in [-0.1, -0.05) is 13.8 Å². The number of nitrogens with zero attached hydrogens (tertiary/aromatic N) is 3. The second kappa shape index (κ2) is 5.00. The van der Waals surface area contributed by atoms with E-state index in [1.165, 1.54) is 6.42 Å². The predicted molar refractivity (Wildman–Crippen MR) is 70.8 cm³/mol. The van der Waals surface area contributed by atoms with Crippen LogP contribution >= 0.6 is 0 Å². The van der Waals surface area contributed by atoms with Gasteiger partial charge in [0.2, 0.25) is 5.91 Å². The highest BCUT2D eigenvalue weighted by Crippen LogP contribution is 2.27. The fraction of sp³-hybridized carbons (Fsp3) is 0.692. The van der Waals surface area contributed by atoms with Crippen LogP contribution < -0.4 is 5.73 Å². The Bertz CT molecular complexity index is 428. The molecule has 1 aliphatic heterocycles. The van der Waals surface area contributed by atoms with Crippen molar-refractivity contribution in [3.05, 3.63) is 12.3 Å². The first kappa shape index (κ1) is 12.9. The monoisotopic (exact) mass is 250 g/mol. The zero-order valence-electron chi connectivity index (χ0n) is 11.3. The first-order valence-electron chi connectivity index (χ1n) is 6.55. The number of aromatic nitrogens is 2. The van der Waals surface area contributed by atoms with E-state index < -0.39 is 0 Å². The fourth-order valence-electron chi connectivity index (χ4n) is 2.74. The molecular formula is C13H22N4O. The molecule has 1 aromatic heterocycles. The highest BCUT2D eigenvalue weighted by Gasteiger charge is 2.31. The molecule has 0 bridgehead atoms. The maximum Gasteiger partial charge on any atom is 0.244 e. The van der Waals surface area contributed by atoms with Crippen LogP contribution in [-0.4, -0.2) is 33.2 Å². The van der Waals surface area contributed by atoms with Crippen molar-refractivity contribution in [3.8, 4) is 0 Å². The van der Waals surface area contributed by atoms with Crippen molar-refractivity contribution >= 4 is 11.7 Å². The van der Waals surface area contributed by atoms with Crippen LogP contribution in [0.4, 0.5) is 5.82 Å². The molecule has 0 aromatic carbocycles. The number of anilines is 1. The van der Waals surface area contributed by atoms with Crippen molar-refractivity contribution < 1.29 is 4.79 Å². The van der Waals surface area contributed by atoms with E-state index in [1.807, 2.05) is 4.90 Å². The molecule has 0 saturated carbocycles. The number of nitrogens with two attached hydrogens (primary N) is 1. The lowest BCUT2D eigenvalue weighted by molar-refractivity contribution is -0.137. The Labute approximate surface area is 108 Å². The minimum Gasteiger partial charge on any atom is -0.382 e. The summed E-state index contributed by atoms with van der Waals surface area (Å²) in [4.78, 5) is 14.3. The number of carbonyl (C=O) groups is 1. The van der Waals surface area contributed by atoms with Gasteiger partial charge in [0.15, 0.2) is 0 Å². The summed E-state index contributed by atoms with van der Waals surface area (Å²) in [6, 6.07) is 2.01. The van der Waals surface area contributed by atoms with Crippen LogP contribution in [0.5, 0.6) is 0 Å². The Kier molecular flexibility index (Phi) is 3.59. The fourth-order valence-corrected chi connectivity index (χ4v) is 2.74. The molecule has 5 heteroatoms. The SMILES string of the molecule is CC1CC(C)C(C)N(C(=O)Cn2ccc(N)n2)C1. The topological polar surface area (TPSA) is 64.2 Å². The molecule has 2 N–H and O–H groups in total. The van der Waals surface area contributed by atoms with E-state index in [4.69, 9.17) is 5.73 Å². The Morgan fingerprint density at radius 1 is 1.50 bits per heavy atom. The summed E-state index contributed by atoms with van der Waals surface area (Å²) < 4.78 is 1.61. The number of nitrogen functional groups attached to an aromatic ring is 1. The summed E-state index contributed by atoms with van der Waals surface area (Å²) in [6.07, 6.45) is 2.94. The van der Waals surface area contributed by atoms with Gasteiger partial charge in [0.25, 0.3) is 0 Å². The van der Waals surface area contributed by atoms with E-state index in [1.54, 1.807) is 16.9 Å². The molecule has 18 heavy (non-hydrogen) atoms. The molecule has 0 aliphatic carbocycles. The molecule has 1 fully saturated rings. The molecule has 3 atom stereocenters. The molecule has 5 nitrogen and oxygen atoms in total. The summed E-state index contributed by atoms with van der Waals surface area (Å²) in [5, 5.41) is 4.06. The number of piperidine rings is 1. The van der Waals surface area contributed by atoms with Gasteiger partial charge in [-0.15, -0.1) is 0 Å². The van der Waals surface area contributed by atoms with E-state index in [-0.39, 0.29) is 12.5 Å². The summed E-state index contributed by atoms with van der Waals surface area (Å²) in [7, 11) is 0. The Morgan fingerprint density at radius 2 is 2.22 bits per heavy atom. The number of amides is 1. The number of carbonyl (C=O) groups excluding carboxylic acids is 1. The van der Waals surface area contributed by atoms with Crippen molar-refractivity contribution in [1.29, 1.82) is 0 Å². The van der Waals surface area contributed by atoms with Crippen LogP contribution in [0.3, 0.4) is 0 Å². The lowest BCUT2D eigenvalue weighted by Gasteiger charge is -2.41. The van der Waals surface area contributed by atoms with Gasteiger partial charge in [0, 0.05) is 18.8 Å². The molecule has 1 aliphatic rings. The quantitative estimate of drug-likeness (QED) is 0.862. The number of hydrogen-bond donors (Lipinski definition) is 1. The lowest BCUT2D eigenvalue weighted by Crippen LogP contribution is -2.49. The van der Waals surface area contributed by atoms with Crippen LogP contribution in [-0.2, 0) is 11.3 Å². The van der Waals surface area contributed by atoms with Gasteiger partial charge in [0.1, 0.15) is 12.4 Å². The van der Waals surface area contributed by atoms with Crippen LogP contribution in [0.2, 0.25) is 0 Å². The van der Waals surface area contributed by atoms with Crippen molar-refractivity contribution in [2.45, 2.75) is 39.8 Å². The highest BCUT2D eigenvalue weighted by atomic mass is 16.2. The van der Waals surface area contributed by atoms with Crippen LogP contribution in [0, 0.1) is 11.8 Å². The average Bonchev–Trinajstić information content (AvgIpc) is 2.69. The number of hydrogen-bond acceptors (Lipinski definition) is 3. The first-order valence-corrected chi connectivity index (χ1v) is 6.55. The van der Waals surface area contributed by atoms with Gasteiger partial charge in [-0.05, 0) is 31.2 Å². The summed E-state index contributed by atoms with van der Waals surface area (Å²) in [6.45, 7) is 7.68. The van der Waals surface area contributed by atoms with Gasteiger partial charge in [0.05, 0.1) is 0 Å². The van der Waals surface area contributed by atoms with E-state index in [2.05, 4.69) is 25.9 Å². The maximum absolute atomic E-state index is 12.3. The standard InChI is InChI=1S/C13H22N4O/c1-9-6-10(2)11(3)17(7-9)13(18)8-16-5-4-12(14)15-16/h4-5,9-11H,6-8H2,1-3H3,(H2,14,15). The largest absolute Gasteiger partial charge is 0.382 e. The molecule has 100 valence electrons. The van der Waals surface area contributed by atoms with E-state index >= 15 is 0 Å². The lowest BCUT2D eigenvalue weighted by atomic mass is 9.86.